The van der Waals surface area contributed by atoms with Crippen molar-refractivity contribution in [2.45, 2.75) is 48.8 Å². The van der Waals surface area contributed by atoms with Crippen molar-refractivity contribution in [3.05, 3.63) is 65.5 Å². The van der Waals surface area contributed by atoms with Crippen LogP contribution in [0.4, 0.5) is 10.1 Å². The van der Waals surface area contributed by atoms with Gasteiger partial charge in [-0.15, -0.1) is 23.2 Å². The molecular formula is C31H29Cl2FN2O6. The molecule has 4 amide bonds. The highest BCUT2D eigenvalue weighted by Gasteiger charge is 2.76. The molecule has 0 aromatic heterocycles. The summed E-state index contributed by atoms with van der Waals surface area (Å²) in [7, 11) is 0. The van der Waals surface area contributed by atoms with Crippen LogP contribution >= 0.6 is 23.2 Å². The van der Waals surface area contributed by atoms with E-state index in [1.54, 1.807) is 19.1 Å². The van der Waals surface area contributed by atoms with Gasteiger partial charge in [-0.3, -0.25) is 24.1 Å². The Balaban J connectivity index is 1.55. The first-order valence-corrected chi connectivity index (χ1v) is 14.8. The van der Waals surface area contributed by atoms with Crippen LogP contribution in [0.5, 0.6) is 11.5 Å². The average molecular weight is 615 g/mol. The highest BCUT2D eigenvalue weighted by molar-refractivity contribution is 6.58. The maximum absolute atomic E-state index is 14.3. The van der Waals surface area contributed by atoms with Crippen molar-refractivity contribution in [2.75, 3.05) is 18.1 Å². The molecule has 1 N–H and O–H groups in total. The Kier molecular flexibility index (Phi) is 6.89. The van der Waals surface area contributed by atoms with Gasteiger partial charge in [0, 0.05) is 12.5 Å². The van der Waals surface area contributed by atoms with Crippen molar-refractivity contribution < 1.29 is 33.4 Å². The summed E-state index contributed by atoms with van der Waals surface area (Å²) in [4.78, 5) is 53.6. The molecule has 2 heterocycles. The molecule has 0 unspecified atom stereocenters. The molecule has 0 radical (unpaired) electrons. The summed E-state index contributed by atoms with van der Waals surface area (Å²) in [5.41, 5.74) is 1.20. The van der Waals surface area contributed by atoms with Crippen molar-refractivity contribution in [1.29, 1.82) is 0 Å². The van der Waals surface area contributed by atoms with Gasteiger partial charge in [0.25, 0.3) is 11.8 Å². The Labute approximate surface area is 252 Å². The first-order chi connectivity index (χ1) is 20.0. The summed E-state index contributed by atoms with van der Waals surface area (Å²) < 4.78 is 19.4. The summed E-state index contributed by atoms with van der Waals surface area (Å²) in [6, 6.07) is 9.42. The molecular weight excluding hydrogens is 586 g/mol. The topological polar surface area (TPSA) is 104 Å². The summed E-state index contributed by atoms with van der Waals surface area (Å²) in [5, 5.41) is 10.4. The SMILES string of the molecule is CCCN1C(=O)[C@H]2[C@H](CC=C3[C@H]2C[C@@]2(Cl)C(=O)N(c4ccc(F)cc4)C(=O)[C@@]2(Cl)[C@H]3c2ccc(O)c(OCC)c2)C1=O. The molecule has 0 bridgehead atoms. The van der Waals surface area contributed by atoms with Crippen molar-refractivity contribution >= 4 is 52.5 Å². The van der Waals surface area contributed by atoms with Crippen LogP contribution in [0.2, 0.25) is 0 Å². The number of rotatable bonds is 6. The van der Waals surface area contributed by atoms with E-state index in [-0.39, 0.29) is 55.0 Å². The number of anilines is 1. The highest BCUT2D eigenvalue weighted by atomic mass is 35.5. The predicted molar refractivity (Wildman–Crippen MR) is 153 cm³/mol. The third kappa shape index (κ3) is 3.78. The van der Waals surface area contributed by atoms with Gasteiger partial charge in [0.15, 0.2) is 21.2 Å². The van der Waals surface area contributed by atoms with E-state index < -0.39 is 51.1 Å². The van der Waals surface area contributed by atoms with Gasteiger partial charge in [-0.1, -0.05) is 24.6 Å². The lowest BCUT2D eigenvalue weighted by molar-refractivity contribution is -0.140. The largest absolute Gasteiger partial charge is 0.504 e. The van der Waals surface area contributed by atoms with E-state index in [2.05, 4.69) is 0 Å². The molecule has 2 aromatic rings. The van der Waals surface area contributed by atoms with Crippen LogP contribution in [0, 0.1) is 23.6 Å². The van der Waals surface area contributed by atoms with E-state index in [1.807, 2.05) is 13.0 Å². The average Bonchev–Trinajstić information content (AvgIpc) is 3.29. The number of likely N-dealkylation sites (tertiary alicyclic amines) is 1. The van der Waals surface area contributed by atoms with Gasteiger partial charge in [-0.05, 0) is 74.1 Å². The van der Waals surface area contributed by atoms with Crippen LogP contribution in [0.15, 0.2) is 54.1 Å². The van der Waals surface area contributed by atoms with Crippen molar-refractivity contribution in [3.63, 3.8) is 0 Å². The predicted octanol–water partition coefficient (Wildman–Crippen LogP) is 4.90. The Bertz CT molecular complexity index is 1550. The summed E-state index contributed by atoms with van der Waals surface area (Å²) in [6.07, 6.45) is 2.56. The minimum Gasteiger partial charge on any atom is -0.504 e. The number of phenols is 1. The third-order valence-electron chi connectivity index (χ3n) is 9.05. The van der Waals surface area contributed by atoms with Gasteiger partial charge in [0.05, 0.1) is 24.1 Å². The second-order valence-corrected chi connectivity index (χ2v) is 12.5. The molecule has 0 spiro atoms. The van der Waals surface area contributed by atoms with Gasteiger partial charge in [-0.2, -0.15) is 0 Å². The van der Waals surface area contributed by atoms with Crippen molar-refractivity contribution in [1.82, 2.24) is 4.90 Å². The van der Waals surface area contributed by atoms with Gasteiger partial charge in [-0.25, -0.2) is 9.29 Å². The molecule has 2 aliphatic heterocycles. The smallest absolute Gasteiger partial charge is 0.258 e. The number of carbonyl (C=O) groups is 4. The number of alkyl halides is 2. The number of hydrogen-bond acceptors (Lipinski definition) is 6. The van der Waals surface area contributed by atoms with E-state index in [1.165, 1.54) is 23.1 Å². The molecule has 2 saturated heterocycles. The zero-order chi connectivity index (χ0) is 30.1. The number of phenolic OH excluding ortho intramolecular Hbond substituents is 1. The van der Waals surface area contributed by atoms with Crippen LogP contribution in [-0.4, -0.2) is 56.5 Å². The monoisotopic (exact) mass is 614 g/mol. The number of allylic oxidation sites excluding steroid dienone is 2. The molecule has 2 aliphatic carbocycles. The van der Waals surface area contributed by atoms with Crippen molar-refractivity contribution in [2.24, 2.45) is 17.8 Å². The number of fused-ring (bicyclic) bond motifs is 4. The van der Waals surface area contributed by atoms with E-state index in [0.29, 0.717) is 17.6 Å². The van der Waals surface area contributed by atoms with Gasteiger partial charge >= 0.3 is 0 Å². The fourth-order valence-corrected chi connectivity index (χ4v) is 8.20. The normalized spacial score (nSPS) is 32.1. The standard InChI is InChI=1S/C31H29Cl2FN2O6/c1-3-13-35-26(38)20-11-10-19-21(24(20)27(35)39)15-30(32)28(40)36(18-8-6-17(34)7-9-18)29(41)31(30,33)25(19)16-5-12-22(37)23(14-16)42-4-2/h5-10,12,14,20-21,24-25,37H,3-4,11,13,15H2,1-2H3/t20-,21+,24-,25-,30+,31-/m0/s1. The molecule has 8 nitrogen and oxygen atoms in total. The maximum Gasteiger partial charge on any atom is 0.258 e. The van der Waals surface area contributed by atoms with Crippen LogP contribution in [0.25, 0.3) is 0 Å². The number of ether oxygens (including phenoxy) is 1. The number of carbonyl (C=O) groups excluding carboxylic acids is 4. The number of amides is 4. The lowest BCUT2D eigenvalue weighted by Gasteiger charge is -2.50. The molecule has 6 atom stereocenters. The second kappa shape index (κ2) is 10.1. The number of benzene rings is 2. The molecule has 4 aliphatic rings. The quantitative estimate of drug-likeness (QED) is 0.282. The van der Waals surface area contributed by atoms with E-state index in [9.17, 15) is 28.7 Å². The fourth-order valence-electron chi connectivity index (χ4n) is 7.26. The first kappa shape index (κ1) is 28.7. The van der Waals surface area contributed by atoms with Gasteiger partial charge < -0.3 is 9.84 Å². The Morgan fingerprint density at radius 1 is 1.00 bits per heavy atom. The van der Waals surface area contributed by atoms with Crippen LogP contribution in [0.1, 0.15) is 44.6 Å². The highest BCUT2D eigenvalue weighted by Crippen LogP contribution is 2.66. The first-order valence-electron chi connectivity index (χ1n) is 14.0. The summed E-state index contributed by atoms with van der Waals surface area (Å²) >= 11 is 14.7. The van der Waals surface area contributed by atoms with E-state index in [0.717, 1.165) is 17.0 Å². The molecule has 6 rings (SSSR count). The Morgan fingerprint density at radius 3 is 2.38 bits per heavy atom. The van der Waals surface area contributed by atoms with Crippen molar-refractivity contribution in [3.8, 4) is 11.5 Å². The Hall–Kier alpha value is -3.43. The summed E-state index contributed by atoms with van der Waals surface area (Å²) in [6.45, 7) is 4.17. The fraction of sp³-hybridized carbons (Fsp3) is 0.419. The molecule has 220 valence electrons. The van der Waals surface area contributed by atoms with Gasteiger partial charge in [0.1, 0.15) is 5.82 Å². The number of nitrogens with zero attached hydrogens (tertiary/aromatic N) is 2. The lowest BCUT2D eigenvalue weighted by atomic mass is 9.56. The zero-order valence-corrected chi connectivity index (χ0v) is 24.5. The van der Waals surface area contributed by atoms with E-state index >= 15 is 0 Å². The third-order valence-corrected chi connectivity index (χ3v) is 10.5. The van der Waals surface area contributed by atoms with Crippen LogP contribution < -0.4 is 9.64 Å². The molecule has 2 aromatic carbocycles. The zero-order valence-electron chi connectivity index (χ0n) is 23.0. The Morgan fingerprint density at radius 2 is 1.71 bits per heavy atom. The number of halogens is 3. The minimum atomic E-state index is -2.05. The maximum atomic E-state index is 14.3. The van der Waals surface area contributed by atoms with Crippen LogP contribution in [-0.2, 0) is 19.2 Å². The number of imide groups is 2. The number of aromatic hydroxyl groups is 1. The van der Waals surface area contributed by atoms with Gasteiger partial charge in [0.2, 0.25) is 11.8 Å². The summed E-state index contributed by atoms with van der Waals surface area (Å²) in [5.74, 6) is -5.72. The second-order valence-electron chi connectivity index (χ2n) is 11.2. The number of hydrogen-bond donors (Lipinski definition) is 1. The molecule has 42 heavy (non-hydrogen) atoms. The molecule has 11 heteroatoms. The van der Waals surface area contributed by atoms with Crippen LogP contribution in [0.3, 0.4) is 0 Å². The minimum absolute atomic E-state index is 0.108. The molecule has 3 fully saturated rings. The van der Waals surface area contributed by atoms with E-state index in [4.69, 9.17) is 27.9 Å². The lowest BCUT2D eigenvalue weighted by Crippen LogP contribution is -2.60. The molecule has 1 saturated carbocycles.